The Morgan fingerprint density at radius 1 is 1.12 bits per heavy atom. The molecule has 0 bridgehead atoms. The predicted molar refractivity (Wildman–Crippen MR) is 126 cm³/mol. The number of amides is 1. The zero-order valence-electron chi connectivity index (χ0n) is 18.9. The molecule has 1 atom stereocenters. The molecule has 8 heteroatoms. The van der Waals surface area contributed by atoms with Crippen LogP contribution < -0.4 is 0 Å². The number of hydrogen-bond acceptors (Lipinski definition) is 4. The number of hydrogen-bond donors (Lipinski definition) is 1. The zero-order chi connectivity index (χ0) is 23.4. The minimum Gasteiger partial charge on any atom is -0.348 e. The van der Waals surface area contributed by atoms with Crippen LogP contribution in [-0.2, 0) is 12.1 Å². The Morgan fingerprint density at radius 3 is 2.76 bits per heavy atom. The number of carbonyl (C=O) groups is 1. The molecular weight excluding hydrogens is 431 g/mol. The van der Waals surface area contributed by atoms with Crippen molar-refractivity contribution in [2.75, 3.05) is 6.54 Å². The zero-order valence-corrected chi connectivity index (χ0v) is 18.9. The lowest BCUT2D eigenvalue weighted by Crippen LogP contribution is -2.41. The first kappa shape index (κ1) is 20.5. The van der Waals surface area contributed by atoms with Crippen molar-refractivity contribution in [2.45, 2.75) is 32.0 Å². The van der Waals surface area contributed by atoms with Gasteiger partial charge in [0.05, 0.1) is 35.0 Å². The van der Waals surface area contributed by atoms with E-state index in [1.165, 1.54) is 13.8 Å². The summed E-state index contributed by atoms with van der Waals surface area (Å²) in [5, 5.41) is 6.44. The maximum atomic E-state index is 14.4. The molecule has 0 fully saturated rings. The number of halogens is 1. The summed E-state index contributed by atoms with van der Waals surface area (Å²) in [5.41, 5.74) is 2.68. The van der Waals surface area contributed by atoms with Crippen molar-refractivity contribution >= 4 is 22.2 Å². The lowest BCUT2D eigenvalue weighted by Gasteiger charge is -2.34. The Morgan fingerprint density at radius 2 is 1.94 bits per heavy atom. The Kier molecular flexibility index (Phi) is 4.52. The van der Waals surface area contributed by atoms with Gasteiger partial charge in [0, 0.05) is 42.0 Å². The van der Waals surface area contributed by atoms with Crippen LogP contribution in [0.2, 0.25) is 0 Å². The lowest BCUT2D eigenvalue weighted by molar-refractivity contribution is 0.0689. The van der Waals surface area contributed by atoms with Gasteiger partial charge in [-0.1, -0.05) is 30.3 Å². The van der Waals surface area contributed by atoms with Crippen molar-refractivity contribution < 1.29 is 9.18 Å². The third-order valence-electron chi connectivity index (χ3n) is 6.55. The number of nitrogens with one attached hydrogen (secondary N) is 1. The highest BCUT2D eigenvalue weighted by Gasteiger charge is 2.36. The number of aromatic nitrogens is 5. The molecule has 0 saturated carbocycles. The number of H-pyrrole nitrogens is 1. The molecule has 170 valence electrons. The van der Waals surface area contributed by atoms with Crippen molar-refractivity contribution in [3.63, 3.8) is 0 Å². The van der Waals surface area contributed by atoms with Gasteiger partial charge >= 0.3 is 0 Å². The van der Waals surface area contributed by atoms with E-state index < -0.39 is 11.7 Å². The average molecular weight is 455 g/mol. The molecule has 1 aromatic carbocycles. The Bertz CT molecular complexity index is 1550. The summed E-state index contributed by atoms with van der Waals surface area (Å²) >= 11 is 0. The van der Waals surface area contributed by atoms with Crippen LogP contribution in [0.25, 0.3) is 16.3 Å². The standard InChI is InChI=1S/C26H23FN6O/c1-26(2,27)18-7-8-22-19(13-31-33(22)14-18)25(34)32-10-9-20-23(30-15-29-20)24(32)21-11-16-5-3-4-6-17(16)12-28-21/h3-8,11-15,24H,9-10H2,1-2H3,(H,29,30)/t24-/m1/s1. The van der Waals surface area contributed by atoms with Crippen molar-refractivity contribution in [1.29, 1.82) is 0 Å². The second kappa shape index (κ2) is 7.48. The number of imidazole rings is 1. The summed E-state index contributed by atoms with van der Waals surface area (Å²) in [7, 11) is 0. The smallest absolute Gasteiger partial charge is 0.258 e. The van der Waals surface area contributed by atoms with E-state index in [0.29, 0.717) is 29.6 Å². The highest BCUT2D eigenvalue weighted by Crippen LogP contribution is 2.35. The minimum absolute atomic E-state index is 0.157. The van der Waals surface area contributed by atoms with Gasteiger partial charge in [-0.3, -0.25) is 9.78 Å². The van der Waals surface area contributed by atoms with Gasteiger partial charge in [-0.05, 0) is 31.4 Å². The summed E-state index contributed by atoms with van der Waals surface area (Å²) in [4.78, 5) is 28.2. The average Bonchev–Trinajstić information content (AvgIpc) is 3.48. The molecule has 1 aliphatic rings. The molecule has 1 N–H and O–H groups in total. The molecule has 1 amide bonds. The Balaban J connectivity index is 1.44. The van der Waals surface area contributed by atoms with Gasteiger partial charge in [0.1, 0.15) is 11.7 Å². The summed E-state index contributed by atoms with van der Waals surface area (Å²) < 4.78 is 16.0. The first-order valence-corrected chi connectivity index (χ1v) is 11.2. The molecule has 34 heavy (non-hydrogen) atoms. The van der Waals surface area contributed by atoms with E-state index in [1.54, 1.807) is 35.4 Å². The number of alkyl halides is 1. The van der Waals surface area contributed by atoms with Crippen LogP contribution in [-0.4, -0.2) is 41.9 Å². The maximum absolute atomic E-state index is 14.4. The number of benzene rings is 1. The molecular formula is C26H23FN6O. The van der Waals surface area contributed by atoms with Crippen LogP contribution in [0.5, 0.6) is 0 Å². The fourth-order valence-electron chi connectivity index (χ4n) is 4.70. The number of rotatable bonds is 3. The maximum Gasteiger partial charge on any atom is 0.258 e. The fraction of sp³-hybridized carbons (Fsp3) is 0.231. The van der Waals surface area contributed by atoms with Gasteiger partial charge in [-0.2, -0.15) is 5.10 Å². The Hall–Kier alpha value is -4.07. The van der Waals surface area contributed by atoms with E-state index in [2.05, 4.69) is 15.1 Å². The summed E-state index contributed by atoms with van der Waals surface area (Å²) in [6.45, 7) is 3.51. The summed E-state index contributed by atoms with van der Waals surface area (Å²) in [6.07, 6.45) is 7.37. The molecule has 7 nitrogen and oxygen atoms in total. The van der Waals surface area contributed by atoms with Crippen molar-refractivity contribution in [2.24, 2.45) is 0 Å². The first-order chi connectivity index (χ1) is 16.4. The largest absolute Gasteiger partial charge is 0.348 e. The normalized spacial score (nSPS) is 16.2. The van der Waals surface area contributed by atoms with E-state index in [-0.39, 0.29) is 5.91 Å². The third-order valence-corrected chi connectivity index (χ3v) is 6.55. The van der Waals surface area contributed by atoms with Crippen LogP contribution >= 0.6 is 0 Å². The quantitative estimate of drug-likeness (QED) is 0.432. The number of pyridine rings is 2. The molecule has 6 rings (SSSR count). The fourth-order valence-corrected chi connectivity index (χ4v) is 4.70. The van der Waals surface area contributed by atoms with Crippen molar-refractivity contribution in [3.8, 4) is 0 Å². The molecule has 0 radical (unpaired) electrons. The van der Waals surface area contributed by atoms with Crippen LogP contribution in [0.4, 0.5) is 4.39 Å². The number of aromatic amines is 1. The molecule has 0 saturated heterocycles. The highest BCUT2D eigenvalue weighted by molar-refractivity contribution is 6.01. The van der Waals surface area contributed by atoms with E-state index in [1.807, 2.05) is 41.4 Å². The monoisotopic (exact) mass is 454 g/mol. The molecule has 5 heterocycles. The molecule has 0 unspecified atom stereocenters. The third kappa shape index (κ3) is 3.25. The highest BCUT2D eigenvalue weighted by atomic mass is 19.1. The van der Waals surface area contributed by atoms with E-state index in [4.69, 9.17) is 4.98 Å². The second-order valence-electron chi connectivity index (χ2n) is 9.15. The number of nitrogens with zero attached hydrogens (tertiary/aromatic N) is 5. The molecule has 0 aliphatic carbocycles. The van der Waals surface area contributed by atoms with Gasteiger partial charge in [-0.15, -0.1) is 0 Å². The number of carbonyl (C=O) groups excluding carboxylic acids is 1. The van der Waals surface area contributed by atoms with Crippen LogP contribution in [0.3, 0.4) is 0 Å². The number of fused-ring (bicyclic) bond motifs is 3. The second-order valence-corrected chi connectivity index (χ2v) is 9.15. The Labute approximate surface area is 195 Å². The lowest BCUT2D eigenvalue weighted by atomic mass is 9.97. The minimum atomic E-state index is -1.50. The van der Waals surface area contributed by atoms with Gasteiger partial charge in [0.2, 0.25) is 0 Å². The molecule has 5 aromatic rings. The summed E-state index contributed by atoms with van der Waals surface area (Å²) in [5.74, 6) is -0.157. The predicted octanol–water partition coefficient (Wildman–Crippen LogP) is 4.60. The van der Waals surface area contributed by atoms with Crippen LogP contribution in [0.15, 0.2) is 67.4 Å². The van der Waals surface area contributed by atoms with Gasteiger partial charge in [0.15, 0.2) is 0 Å². The van der Waals surface area contributed by atoms with E-state index in [9.17, 15) is 9.18 Å². The van der Waals surface area contributed by atoms with E-state index in [0.717, 1.165) is 27.9 Å². The first-order valence-electron chi connectivity index (χ1n) is 11.2. The van der Waals surface area contributed by atoms with Gasteiger partial charge in [-0.25, -0.2) is 13.9 Å². The van der Waals surface area contributed by atoms with Crippen LogP contribution in [0, 0.1) is 0 Å². The van der Waals surface area contributed by atoms with E-state index >= 15 is 0 Å². The molecule has 4 aromatic heterocycles. The topological polar surface area (TPSA) is 79.2 Å². The molecule has 1 aliphatic heterocycles. The van der Waals surface area contributed by atoms with Crippen molar-refractivity contribution in [1.82, 2.24) is 29.5 Å². The SMILES string of the molecule is CC(C)(F)c1ccc2c(C(=O)N3CCc4[nH]cnc4[C@H]3c3cc4ccccc4cn3)cnn2c1. The molecule has 0 spiro atoms. The van der Waals surface area contributed by atoms with Gasteiger partial charge < -0.3 is 9.88 Å². The van der Waals surface area contributed by atoms with Crippen molar-refractivity contribution in [3.05, 3.63) is 95.6 Å². The summed E-state index contributed by atoms with van der Waals surface area (Å²) in [6, 6.07) is 13.1. The van der Waals surface area contributed by atoms with Gasteiger partial charge in [0.25, 0.3) is 5.91 Å². The van der Waals surface area contributed by atoms with Crippen LogP contribution in [0.1, 0.15) is 52.9 Å².